The summed E-state index contributed by atoms with van der Waals surface area (Å²) in [6.07, 6.45) is 3.42. The summed E-state index contributed by atoms with van der Waals surface area (Å²) in [5.74, 6) is -0.390. The molecule has 0 saturated heterocycles. The van der Waals surface area contributed by atoms with Crippen LogP contribution in [-0.2, 0) is 11.2 Å². The normalized spacial score (nSPS) is 11.3. The standard InChI is InChI=1S/C14H21NO2/c1-4-5-6-11-7-9-12(10-8-11)15-13(16)14(2,3)17/h7-10,17H,4-6H2,1-3H3,(H,15,16). The number of carbonyl (C=O) groups excluding carboxylic acids is 1. The minimum absolute atomic E-state index is 0.390. The van der Waals surface area contributed by atoms with E-state index in [1.165, 1.54) is 32.3 Å². The SMILES string of the molecule is CCCCc1ccc(NC(=O)C(C)(C)O)cc1. The van der Waals surface area contributed by atoms with E-state index in [9.17, 15) is 9.90 Å². The van der Waals surface area contributed by atoms with Crippen molar-refractivity contribution < 1.29 is 9.90 Å². The van der Waals surface area contributed by atoms with Gasteiger partial charge in [-0.1, -0.05) is 25.5 Å². The van der Waals surface area contributed by atoms with Crippen LogP contribution in [0.2, 0.25) is 0 Å². The molecule has 3 heteroatoms. The first-order valence-electron chi connectivity index (χ1n) is 6.06. The molecule has 94 valence electrons. The minimum Gasteiger partial charge on any atom is -0.381 e. The highest BCUT2D eigenvalue weighted by Gasteiger charge is 2.23. The molecule has 1 amide bonds. The van der Waals surface area contributed by atoms with Crippen molar-refractivity contribution in [2.45, 2.75) is 45.6 Å². The van der Waals surface area contributed by atoms with Gasteiger partial charge >= 0.3 is 0 Å². The summed E-state index contributed by atoms with van der Waals surface area (Å²) >= 11 is 0. The summed E-state index contributed by atoms with van der Waals surface area (Å²) in [5.41, 5.74) is 0.645. The summed E-state index contributed by atoms with van der Waals surface area (Å²) in [6.45, 7) is 5.10. The number of carbonyl (C=O) groups is 1. The topological polar surface area (TPSA) is 49.3 Å². The van der Waals surface area contributed by atoms with Crippen LogP contribution in [0.15, 0.2) is 24.3 Å². The van der Waals surface area contributed by atoms with Crippen LogP contribution in [0.25, 0.3) is 0 Å². The van der Waals surface area contributed by atoms with E-state index in [1.807, 2.05) is 24.3 Å². The predicted molar refractivity (Wildman–Crippen MR) is 70.0 cm³/mol. The van der Waals surface area contributed by atoms with Crippen LogP contribution in [0.5, 0.6) is 0 Å². The molecule has 0 heterocycles. The number of unbranched alkanes of at least 4 members (excludes halogenated alkanes) is 1. The molecule has 1 aromatic rings. The van der Waals surface area contributed by atoms with Gasteiger partial charge in [0.25, 0.3) is 5.91 Å². The van der Waals surface area contributed by atoms with Gasteiger partial charge in [0.15, 0.2) is 0 Å². The summed E-state index contributed by atoms with van der Waals surface area (Å²) in [6, 6.07) is 7.76. The second-order valence-electron chi connectivity index (χ2n) is 4.81. The first-order valence-corrected chi connectivity index (χ1v) is 6.06. The number of amides is 1. The Morgan fingerprint density at radius 2 is 1.88 bits per heavy atom. The minimum atomic E-state index is -1.35. The molecule has 17 heavy (non-hydrogen) atoms. The zero-order valence-electron chi connectivity index (χ0n) is 10.8. The number of hydrogen-bond acceptors (Lipinski definition) is 2. The highest BCUT2D eigenvalue weighted by Crippen LogP contribution is 2.13. The maximum absolute atomic E-state index is 11.5. The van der Waals surface area contributed by atoms with Gasteiger partial charge in [0, 0.05) is 5.69 Å². The van der Waals surface area contributed by atoms with Crippen LogP contribution < -0.4 is 5.32 Å². The third-order valence-corrected chi connectivity index (χ3v) is 2.59. The molecule has 0 spiro atoms. The van der Waals surface area contributed by atoms with Gasteiger partial charge in [0.1, 0.15) is 5.60 Å². The molecule has 0 unspecified atom stereocenters. The van der Waals surface area contributed by atoms with Crippen LogP contribution in [0, 0.1) is 0 Å². The Morgan fingerprint density at radius 1 is 1.29 bits per heavy atom. The van der Waals surface area contributed by atoms with Gasteiger partial charge in [-0.2, -0.15) is 0 Å². The van der Waals surface area contributed by atoms with Crippen molar-refractivity contribution >= 4 is 11.6 Å². The Bertz CT molecular complexity index is 363. The molecule has 0 aromatic heterocycles. The van der Waals surface area contributed by atoms with Gasteiger partial charge in [-0.3, -0.25) is 4.79 Å². The monoisotopic (exact) mass is 235 g/mol. The number of rotatable bonds is 5. The van der Waals surface area contributed by atoms with Gasteiger partial charge in [-0.25, -0.2) is 0 Å². The quantitative estimate of drug-likeness (QED) is 0.824. The zero-order chi connectivity index (χ0) is 12.9. The van der Waals surface area contributed by atoms with E-state index in [1.54, 1.807) is 0 Å². The molecule has 0 aliphatic rings. The van der Waals surface area contributed by atoms with Crippen molar-refractivity contribution in [1.29, 1.82) is 0 Å². The number of benzene rings is 1. The fraction of sp³-hybridized carbons (Fsp3) is 0.500. The Hall–Kier alpha value is -1.35. The first kappa shape index (κ1) is 13.7. The third kappa shape index (κ3) is 4.57. The number of nitrogens with one attached hydrogen (secondary N) is 1. The summed E-state index contributed by atoms with van der Waals surface area (Å²) in [7, 11) is 0. The number of hydrogen-bond donors (Lipinski definition) is 2. The summed E-state index contributed by atoms with van der Waals surface area (Å²) in [5, 5.41) is 12.2. The van der Waals surface area contributed by atoms with Crippen molar-refractivity contribution in [2.75, 3.05) is 5.32 Å². The molecule has 0 saturated carbocycles. The lowest BCUT2D eigenvalue weighted by molar-refractivity contribution is -0.130. The van der Waals surface area contributed by atoms with E-state index in [0.29, 0.717) is 0 Å². The average Bonchev–Trinajstić information content (AvgIpc) is 2.27. The van der Waals surface area contributed by atoms with Crippen molar-refractivity contribution in [3.63, 3.8) is 0 Å². The van der Waals surface area contributed by atoms with Crippen molar-refractivity contribution in [1.82, 2.24) is 0 Å². The van der Waals surface area contributed by atoms with Gasteiger partial charge in [-0.05, 0) is 44.4 Å². The van der Waals surface area contributed by atoms with Gasteiger partial charge in [-0.15, -0.1) is 0 Å². The number of anilines is 1. The van der Waals surface area contributed by atoms with E-state index in [-0.39, 0.29) is 5.91 Å². The van der Waals surface area contributed by atoms with E-state index >= 15 is 0 Å². The fourth-order valence-corrected chi connectivity index (χ4v) is 1.42. The molecule has 2 N–H and O–H groups in total. The molecule has 0 aliphatic heterocycles. The Labute approximate surface area is 103 Å². The largest absolute Gasteiger partial charge is 0.381 e. The molecule has 0 aliphatic carbocycles. The van der Waals surface area contributed by atoms with E-state index < -0.39 is 5.60 Å². The summed E-state index contributed by atoms with van der Waals surface area (Å²) in [4.78, 5) is 11.5. The lowest BCUT2D eigenvalue weighted by atomic mass is 10.1. The molecule has 1 rings (SSSR count). The maximum atomic E-state index is 11.5. The van der Waals surface area contributed by atoms with E-state index in [2.05, 4.69) is 12.2 Å². The van der Waals surface area contributed by atoms with Crippen LogP contribution in [0.3, 0.4) is 0 Å². The molecule has 0 fully saturated rings. The average molecular weight is 235 g/mol. The van der Waals surface area contributed by atoms with E-state index in [0.717, 1.165) is 12.1 Å². The van der Waals surface area contributed by atoms with Gasteiger partial charge in [0.05, 0.1) is 0 Å². The number of aliphatic hydroxyl groups is 1. The number of aryl methyl sites for hydroxylation is 1. The predicted octanol–water partition coefficient (Wildman–Crippen LogP) is 2.74. The Balaban J connectivity index is 2.59. The van der Waals surface area contributed by atoms with Crippen LogP contribution in [0.4, 0.5) is 5.69 Å². The molecular weight excluding hydrogens is 214 g/mol. The highest BCUT2D eigenvalue weighted by atomic mass is 16.3. The second kappa shape index (κ2) is 5.82. The highest BCUT2D eigenvalue weighted by molar-refractivity contribution is 5.96. The lowest BCUT2D eigenvalue weighted by Gasteiger charge is -2.16. The molecule has 0 atom stereocenters. The first-order chi connectivity index (χ1) is 7.93. The third-order valence-electron chi connectivity index (χ3n) is 2.59. The van der Waals surface area contributed by atoms with Crippen LogP contribution in [-0.4, -0.2) is 16.6 Å². The van der Waals surface area contributed by atoms with Crippen molar-refractivity contribution in [3.05, 3.63) is 29.8 Å². The van der Waals surface area contributed by atoms with Crippen LogP contribution >= 0.6 is 0 Å². The molecule has 0 bridgehead atoms. The van der Waals surface area contributed by atoms with Gasteiger partial charge in [0.2, 0.25) is 0 Å². The second-order valence-corrected chi connectivity index (χ2v) is 4.81. The van der Waals surface area contributed by atoms with Crippen molar-refractivity contribution in [3.8, 4) is 0 Å². The van der Waals surface area contributed by atoms with Gasteiger partial charge < -0.3 is 10.4 Å². The smallest absolute Gasteiger partial charge is 0.255 e. The molecule has 1 aromatic carbocycles. The molecular formula is C14H21NO2. The Morgan fingerprint density at radius 3 is 2.35 bits per heavy atom. The lowest BCUT2D eigenvalue weighted by Crippen LogP contribution is -2.36. The molecule has 0 radical (unpaired) electrons. The van der Waals surface area contributed by atoms with Crippen molar-refractivity contribution in [2.24, 2.45) is 0 Å². The van der Waals surface area contributed by atoms with Crippen LogP contribution in [0.1, 0.15) is 39.2 Å². The Kier molecular flexibility index (Phi) is 4.70. The maximum Gasteiger partial charge on any atom is 0.255 e. The summed E-state index contributed by atoms with van der Waals surface area (Å²) < 4.78 is 0. The zero-order valence-corrected chi connectivity index (χ0v) is 10.8. The van der Waals surface area contributed by atoms with E-state index in [4.69, 9.17) is 0 Å². The fourth-order valence-electron chi connectivity index (χ4n) is 1.42. The molecule has 3 nitrogen and oxygen atoms in total.